The standard InChI is InChI=1S/C16H20FN3O2.C2HF3O2/c1-8-9(2)19-14-11(16(21)22)6-12(17)15(13(8)14)20-5-3-4-10(18)7-20;3-2(4,5)1(6)7/h6,10,19H,3-5,7,18H2,1-2H3,(H,21,22);(H,6,7)/t10-;/m0./s1. The molecule has 11 heteroatoms. The van der Waals surface area contributed by atoms with Gasteiger partial charge in [-0.2, -0.15) is 13.2 Å². The first-order chi connectivity index (χ1) is 13.3. The minimum absolute atomic E-state index is 0.0164. The van der Waals surface area contributed by atoms with Crippen LogP contribution in [0.15, 0.2) is 6.07 Å². The number of halogens is 4. The average molecular weight is 419 g/mol. The molecule has 5 N–H and O–H groups in total. The number of H-pyrrole nitrogens is 1. The van der Waals surface area contributed by atoms with Crippen LogP contribution in [0.1, 0.15) is 34.5 Å². The van der Waals surface area contributed by atoms with Crippen molar-refractivity contribution in [1.82, 2.24) is 4.98 Å². The van der Waals surface area contributed by atoms with E-state index in [4.69, 9.17) is 15.6 Å². The second kappa shape index (κ2) is 8.27. The van der Waals surface area contributed by atoms with Crippen LogP contribution in [0.3, 0.4) is 0 Å². The number of aromatic carboxylic acids is 1. The number of aromatic nitrogens is 1. The summed E-state index contributed by atoms with van der Waals surface area (Å²) in [7, 11) is 0. The Balaban J connectivity index is 0.000000370. The number of carbonyl (C=O) groups is 2. The molecule has 2 aromatic rings. The van der Waals surface area contributed by atoms with Crippen LogP contribution in [0.5, 0.6) is 0 Å². The minimum atomic E-state index is -5.08. The van der Waals surface area contributed by atoms with Gasteiger partial charge >= 0.3 is 18.1 Å². The monoisotopic (exact) mass is 419 g/mol. The second-order valence-corrected chi connectivity index (χ2v) is 6.84. The Morgan fingerprint density at radius 1 is 1.28 bits per heavy atom. The molecular weight excluding hydrogens is 398 g/mol. The number of alkyl halides is 3. The number of aromatic amines is 1. The van der Waals surface area contributed by atoms with Crippen LogP contribution in [-0.2, 0) is 4.79 Å². The summed E-state index contributed by atoms with van der Waals surface area (Å²) in [5, 5.41) is 17.1. The number of carboxylic acids is 2. The summed E-state index contributed by atoms with van der Waals surface area (Å²) < 4.78 is 46.4. The smallest absolute Gasteiger partial charge is 0.478 e. The largest absolute Gasteiger partial charge is 0.490 e. The highest BCUT2D eigenvalue weighted by Crippen LogP contribution is 2.37. The minimum Gasteiger partial charge on any atom is -0.478 e. The van der Waals surface area contributed by atoms with E-state index in [0.717, 1.165) is 36.7 Å². The van der Waals surface area contributed by atoms with Gasteiger partial charge in [-0.1, -0.05) is 0 Å². The van der Waals surface area contributed by atoms with Crippen LogP contribution in [0.2, 0.25) is 0 Å². The molecule has 160 valence electrons. The van der Waals surface area contributed by atoms with E-state index in [1.165, 1.54) is 0 Å². The van der Waals surface area contributed by atoms with Crippen LogP contribution in [0.25, 0.3) is 10.9 Å². The van der Waals surface area contributed by atoms with Gasteiger partial charge in [-0.25, -0.2) is 14.0 Å². The van der Waals surface area contributed by atoms with Crippen molar-refractivity contribution in [2.24, 2.45) is 5.73 Å². The van der Waals surface area contributed by atoms with Crippen LogP contribution in [0, 0.1) is 19.7 Å². The fourth-order valence-electron chi connectivity index (χ4n) is 3.29. The molecule has 0 unspecified atom stereocenters. The van der Waals surface area contributed by atoms with Crippen LogP contribution in [-0.4, -0.2) is 52.4 Å². The van der Waals surface area contributed by atoms with Crippen molar-refractivity contribution < 1.29 is 37.4 Å². The van der Waals surface area contributed by atoms with Crippen molar-refractivity contribution in [2.45, 2.75) is 38.9 Å². The van der Waals surface area contributed by atoms with Crippen molar-refractivity contribution in [1.29, 1.82) is 0 Å². The Morgan fingerprint density at radius 3 is 2.34 bits per heavy atom. The first-order valence-corrected chi connectivity index (χ1v) is 8.69. The maximum absolute atomic E-state index is 14.7. The van der Waals surface area contributed by atoms with Gasteiger partial charge in [-0.15, -0.1) is 0 Å². The highest BCUT2D eigenvalue weighted by molar-refractivity contribution is 6.08. The molecule has 1 aliphatic heterocycles. The molecule has 1 aromatic heterocycles. The van der Waals surface area contributed by atoms with Gasteiger partial charge in [-0.3, -0.25) is 0 Å². The lowest BCUT2D eigenvalue weighted by Crippen LogP contribution is -2.43. The van der Waals surface area contributed by atoms with Gasteiger partial charge in [0.25, 0.3) is 0 Å². The van der Waals surface area contributed by atoms with E-state index in [9.17, 15) is 27.5 Å². The lowest BCUT2D eigenvalue weighted by atomic mass is 10.0. The van der Waals surface area contributed by atoms with Crippen molar-refractivity contribution in [2.75, 3.05) is 18.0 Å². The molecule has 0 saturated carbocycles. The van der Waals surface area contributed by atoms with E-state index >= 15 is 0 Å². The van der Waals surface area contributed by atoms with Crippen molar-refractivity contribution >= 4 is 28.5 Å². The van der Waals surface area contributed by atoms with Gasteiger partial charge in [0.2, 0.25) is 0 Å². The normalized spacial score (nSPS) is 17.1. The zero-order valence-electron chi connectivity index (χ0n) is 15.7. The molecule has 0 radical (unpaired) electrons. The number of hydrogen-bond acceptors (Lipinski definition) is 4. The van der Waals surface area contributed by atoms with Gasteiger partial charge in [0.1, 0.15) is 5.82 Å². The Hall–Kier alpha value is -2.82. The van der Waals surface area contributed by atoms with Gasteiger partial charge in [0.15, 0.2) is 0 Å². The van der Waals surface area contributed by atoms with Gasteiger partial charge in [0, 0.05) is 30.2 Å². The van der Waals surface area contributed by atoms with Crippen LogP contribution >= 0.6 is 0 Å². The quantitative estimate of drug-likeness (QED) is 0.555. The topological polar surface area (TPSA) is 120 Å². The van der Waals surface area contributed by atoms with Gasteiger partial charge < -0.3 is 25.8 Å². The number of hydrogen-bond donors (Lipinski definition) is 4. The molecule has 29 heavy (non-hydrogen) atoms. The second-order valence-electron chi connectivity index (χ2n) is 6.84. The van der Waals surface area contributed by atoms with E-state index in [1.54, 1.807) is 0 Å². The summed E-state index contributed by atoms with van der Waals surface area (Å²) >= 11 is 0. The van der Waals surface area contributed by atoms with E-state index in [1.807, 2.05) is 18.7 Å². The maximum Gasteiger partial charge on any atom is 0.490 e. The Labute approximate surface area is 163 Å². The highest BCUT2D eigenvalue weighted by Gasteiger charge is 2.38. The Morgan fingerprint density at radius 2 is 1.86 bits per heavy atom. The number of carboxylic acid groups (broad SMARTS) is 2. The third-order valence-corrected chi connectivity index (χ3v) is 4.75. The molecule has 1 aliphatic rings. The molecule has 2 heterocycles. The Bertz CT molecular complexity index is 940. The molecule has 1 aromatic carbocycles. The summed E-state index contributed by atoms with van der Waals surface area (Å²) in [6.07, 6.45) is -3.25. The summed E-state index contributed by atoms with van der Waals surface area (Å²) in [6, 6.07) is 1.12. The number of nitrogens with zero attached hydrogens (tertiary/aromatic N) is 1. The van der Waals surface area contributed by atoms with Gasteiger partial charge in [-0.05, 0) is 38.3 Å². The predicted molar refractivity (Wildman–Crippen MR) is 97.8 cm³/mol. The number of anilines is 1. The lowest BCUT2D eigenvalue weighted by Gasteiger charge is -2.33. The summed E-state index contributed by atoms with van der Waals surface area (Å²) in [4.78, 5) is 25.3. The van der Waals surface area contributed by atoms with E-state index in [0.29, 0.717) is 23.1 Å². The molecule has 0 amide bonds. The number of nitrogens with two attached hydrogens (primary N) is 1. The maximum atomic E-state index is 14.7. The molecule has 0 spiro atoms. The number of aliphatic carboxylic acids is 1. The first kappa shape index (κ1) is 22.5. The summed E-state index contributed by atoms with van der Waals surface area (Å²) in [6.45, 7) is 5.06. The number of nitrogens with one attached hydrogen (secondary N) is 1. The molecule has 3 rings (SSSR count). The van der Waals surface area contributed by atoms with E-state index in [-0.39, 0.29) is 11.6 Å². The third kappa shape index (κ3) is 4.78. The predicted octanol–water partition coefficient (Wildman–Crippen LogP) is 3.18. The average Bonchev–Trinajstić information content (AvgIpc) is 2.89. The molecule has 1 saturated heterocycles. The number of fused-ring (bicyclic) bond motifs is 1. The lowest BCUT2D eigenvalue weighted by molar-refractivity contribution is -0.192. The first-order valence-electron chi connectivity index (χ1n) is 8.69. The zero-order chi connectivity index (χ0) is 22.1. The zero-order valence-corrected chi connectivity index (χ0v) is 15.7. The Kier molecular flexibility index (Phi) is 6.41. The van der Waals surface area contributed by atoms with Gasteiger partial charge in [0.05, 0.1) is 16.8 Å². The molecule has 0 aliphatic carbocycles. The van der Waals surface area contributed by atoms with E-state index in [2.05, 4.69) is 4.98 Å². The fraction of sp³-hybridized carbons (Fsp3) is 0.444. The van der Waals surface area contributed by atoms with Crippen molar-refractivity contribution in [3.8, 4) is 0 Å². The number of aryl methyl sites for hydroxylation is 2. The SMILES string of the molecule is Cc1[nH]c2c(C(=O)O)cc(F)c(N3CCC[C@H](N)C3)c2c1C.O=C(O)C(F)(F)F. The van der Waals surface area contributed by atoms with Crippen molar-refractivity contribution in [3.63, 3.8) is 0 Å². The number of rotatable bonds is 2. The molecule has 7 nitrogen and oxygen atoms in total. The number of benzene rings is 1. The van der Waals surface area contributed by atoms with Crippen LogP contribution < -0.4 is 10.6 Å². The molecule has 1 fully saturated rings. The fourth-order valence-corrected chi connectivity index (χ4v) is 3.29. The van der Waals surface area contributed by atoms with Crippen LogP contribution in [0.4, 0.5) is 23.2 Å². The van der Waals surface area contributed by atoms with Crippen molar-refractivity contribution in [3.05, 3.63) is 28.7 Å². The summed E-state index contributed by atoms with van der Waals surface area (Å²) in [5.41, 5.74) is 8.67. The molecule has 1 atom stereocenters. The summed E-state index contributed by atoms with van der Waals surface area (Å²) in [5.74, 6) is -4.39. The third-order valence-electron chi connectivity index (χ3n) is 4.75. The molecule has 0 bridgehead atoms. The highest BCUT2D eigenvalue weighted by atomic mass is 19.4. The van der Waals surface area contributed by atoms with E-state index < -0.39 is 23.9 Å². The number of piperidine rings is 1. The molecular formula is C18H21F4N3O4.